The van der Waals surface area contributed by atoms with Crippen LogP contribution >= 0.6 is 0 Å². The van der Waals surface area contributed by atoms with Crippen molar-refractivity contribution in [1.29, 1.82) is 0 Å². The fourth-order valence-corrected chi connectivity index (χ4v) is 3.19. The first-order valence-corrected chi connectivity index (χ1v) is 5.83. The molecule has 1 N–H and O–H groups in total. The highest BCUT2D eigenvalue weighted by atomic mass is 16.4. The number of aliphatic carboxylic acids is 1. The summed E-state index contributed by atoms with van der Waals surface area (Å²) in [5.74, 6) is -0.644. The molecule has 2 rings (SSSR count). The van der Waals surface area contributed by atoms with Gasteiger partial charge in [0.2, 0.25) is 0 Å². The number of nitrogens with zero attached hydrogens (tertiary/aromatic N) is 1. The van der Waals surface area contributed by atoms with Crippen molar-refractivity contribution in [2.75, 3.05) is 13.1 Å². The summed E-state index contributed by atoms with van der Waals surface area (Å²) in [6.07, 6.45) is 3.80. The number of likely N-dealkylation sites (tertiary alicyclic amines) is 1. The molecule has 1 saturated carbocycles. The molecule has 0 radical (unpaired) electrons. The Morgan fingerprint density at radius 2 is 1.93 bits per heavy atom. The molecule has 1 heterocycles. The minimum atomic E-state index is -0.644. The van der Waals surface area contributed by atoms with Crippen molar-refractivity contribution in [3.63, 3.8) is 0 Å². The molecular weight excluding hydrogens is 190 g/mol. The van der Waals surface area contributed by atoms with Gasteiger partial charge in [-0.05, 0) is 25.2 Å². The van der Waals surface area contributed by atoms with Crippen LogP contribution in [0.3, 0.4) is 0 Å². The summed E-state index contributed by atoms with van der Waals surface area (Å²) < 4.78 is 0. The minimum Gasteiger partial charge on any atom is -0.481 e. The molecule has 1 unspecified atom stereocenters. The molecule has 86 valence electrons. The van der Waals surface area contributed by atoms with Crippen LogP contribution in [-0.2, 0) is 4.79 Å². The smallest absolute Gasteiger partial charge is 0.311 e. The normalized spacial score (nSPS) is 33.7. The van der Waals surface area contributed by atoms with Gasteiger partial charge >= 0.3 is 5.97 Å². The van der Waals surface area contributed by atoms with Crippen LogP contribution in [0.4, 0.5) is 0 Å². The van der Waals surface area contributed by atoms with Crippen LogP contribution in [-0.4, -0.2) is 35.1 Å². The number of hydrogen-bond acceptors (Lipinski definition) is 2. The van der Waals surface area contributed by atoms with Crippen molar-refractivity contribution in [3.05, 3.63) is 0 Å². The van der Waals surface area contributed by atoms with E-state index in [9.17, 15) is 4.79 Å². The maximum absolute atomic E-state index is 11.0. The lowest BCUT2D eigenvalue weighted by Crippen LogP contribution is -2.63. The van der Waals surface area contributed by atoms with E-state index in [0.29, 0.717) is 11.5 Å². The number of carboxylic acids is 1. The van der Waals surface area contributed by atoms with Crippen molar-refractivity contribution >= 4 is 5.97 Å². The van der Waals surface area contributed by atoms with Gasteiger partial charge in [-0.25, -0.2) is 0 Å². The summed E-state index contributed by atoms with van der Waals surface area (Å²) in [4.78, 5) is 13.4. The van der Waals surface area contributed by atoms with E-state index >= 15 is 0 Å². The lowest BCUT2D eigenvalue weighted by Gasteiger charge is -2.51. The third kappa shape index (κ3) is 1.67. The van der Waals surface area contributed by atoms with E-state index in [4.69, 9.17) is 5.11 Å². The minimum absolute atomic E-state index is 0.375. The van der Waals surface area contributed by atoms with Crippen LogP contribution in [0.25, 0.3) is 0 Å². The summed E-state index contributed by atoms with van der Waals surface area (Å²) in [5, 5.41) is 9.06. The van der Waals surface area contributed by atoms with Crippen molar-refractivity contribution in [1.82, 2.24) is 4.90 Å². The van der Waals surface area contributed by atoms with Crippen molar-refractivity contribution in [3.8, 4) is 0 Å². The van der Waals surface area contributed by atoms with Gasteiger partial charge < -0.3 is 5.11 Å². The van der Waals surface area contributed by atoms with Gasteiger partial charge in [-0.2, -0.15) is 0 Å². The molecule has 0 spiro atoms. The summed E-state index contributed by atoms with van der Waals surface area (Å²) in [5.41, 5.74) is -0.113. The van der Waals surface area contributed by atoms with Gasteiger partial charge in [0.05, 0.1) is 5.41 Å². The summed E-state index contributed by atoms with van der Waals surface area (Å²) in [6.45, 7) is 7.93. The Kier molecular flexibility index (Phi) is 2.34. The fraction of sp³-hybridized carbons (Fsp3) is 0.917. The van der Waals surface area contributed by atoms with E-state index in [1.54, 1.807) is 0 Å². The number of rotatable bonds is 2. The molecule has 0 amide bonds. The van der Waals surface area contributed by atoms with Crippen molar-refractivity contribution in [2.45, 2.75) is 46.1 Å². The van der Waals surface area contributed by atoms with E-state index in [2.05, 4.69) is 18.7 Å². The second-order valence-corrected chi connectivity index (χ2v) is 6.17. The lowest BCUT2D eigenvalue weighted by molar-refractivity contribution is -0.162. The first kappa shape index (κ1) is 10.9. The first-order valence-electron chi connectivity index (χ1n) is 5.83. The monoisotopic (exact) mass is 211 g/mol. The van der Waals surface area contributed by atoms with Gasteiger partial charge in [-0.1, -0.05) is 20.3 Å². The zero-order valence-corrected chi connectivity index (χ0v) is 9.92. The average Bonchev–Trinajstić information content (AvgIpc) is 2.39. The highest BCUT2D eigenvalue weighted by Gasteiger charge is 2.51. The SMILES string of the molecule is CC1(C(=O)O)CN(C2CCCC2(C)C)C1. The molecular formula is C12H21NO2. The van der Waals surface area contributed by atoms with E-state index in [0.717, 1.165) is 13.1 Å². The molecule has 1 saturated heterocycles. The van der Waals surface area contributed by atoms with E-state index in [1.165, 1.54) is 19.3 Å². The molecule has 0 aromatic heterocycles. The topological polar surface area (TPSA) is 40.5 Å². The maximum atomic E-state index is 11.0. The predicted octanol–water partition coefficient (Wildman–Crippen LogP) is 1.97. The maximum Gasteiger partial charge on any atom is 0.311 e. The molecule has 2 aliphatic rings. The van der Waals surface area contributed by atoms with Gasteiger partial charge in [0.1, 0.15) is 0 Å². The largest absolute Gasteiger partial charge is 0.481 e. The van der Waals surface area contributed by atoms with Gasteiger partial charge in [-0.3, -0.25) is 9.69 Å². The van der Waals surface area contributed by atoms with Crippen molar-refractivity contribution < 1.29 is 9.90 Å². The zero-order valence-electron chi connectivity index (χ0n) is 9.92. The second-order valence-electron chi connectivity index (χ2n) is 6.17. The number of carbonyl (C=O) groups is 1. The molecule has 0 aromatic rings. The fourth-order valence-electron chi connectivity index (χ4n) is 3.19. The first-order chi connectivity index (χ1) is 6.85. The van der Waals surface area contributed by atoms with Crippen LogP contribution in [0, 0.1) is 10.8 Å². The standard InChI is InChI=1S/C12H21NO2/c1-11(2)6-4-5-9(11)13-7-12(3,8-13)10(14)15/h9H,4-8H2,1-3H3,(H,14,15). The number of hydrogen-bond donors (Lipinski definition) is 1. The highest BCUT2D eigenvalue weighted by molar-refractivity contribution is 5.76. The molecule has 1 atom stereocenters. The van der Waals surface area contributed by atoms with Crippen molar-refractivity contribution in [2.24, 2.45) is 10.8 Å². The third-order valence-electron chi connectivity index (χ3n) is 4.26. The number of carboxylic acid groups (broad SMARTS) is 1. The predicted molar refractivity (Wildman–Crippen MR) is 58.7 cm³/mol. The van der Waals surface area contributed by atoms with Gasteiger partial charge in [0.25, 0.3) is 0 Å². The average molecular weight is 211 g/mol. The van der Waals surface area contributed by atoms with Crippen LogP contribution in [0.15, 0.2) is 0 Å². The summed E-state index contributed by atoms with van der Waals surface area (Å²) >= 11 is 0. The highest BCUT2D eigenvalue weighted by Crippen LogP contribution is 2.45. The molecule has 1 aliphatic heterocycles. The molecule has 1 aliphatic carbocycles. The Morgan fingerprint density at radius 1 is 1.33 bits per heavy atom. The molecule has 2 fully saturated rings. The third-order valence-corrected chi connectivity index (χ3v) is 4.26. The molecule has 3 nitrogen and oxygen atoms in total. The zero-order chi connectivity index (χ0) is 11.3. The van der Waals surface area contributed by atoms with Crippen LogP contribution < -0.4 is 0 Å². The second kappa shape index (κ2) is 3.21. The Bertz CT molecular complexity index is 279. The molecule has 0 bridgehead atoms. The Morgan fingerprint density at radius 3 is 2.33 bits per heavy atom. The van der Waals surface area contributed by atoms with E-state index < -0.39 is 11.4 Å². The van der Waals surface area contributed by atoms with Gasteiger partial charge in [0, 0.05) is 19.1 Å². The molecule has 15 heavy (non-hydrogen) atoms. The van der Waals surface area contributed by atoms with E-state index in [1.807, 2.05) is 6.92 Å². The van der Waals surface area contributed by atoms with Crippen LogP contribution in [0.2, 0.25) is 0 Å². The Hall–Kier alpha value is -0.570. The van der Waals surface area contributed by atoms with Crippen LogP contribution in [0.1, 0.15) is 40.0 Å². The van der Waals surface area contributed by atoms with E-state index in [-0.39, 0.29) is 0 Å². The quantitative estimate of drug-likeness (QED) is 0.759. The van der Waals surface area contributed by atoms with Crippen LogP contribution in [0.5, 0.6) is 0 Å². The van der Waals surface area contributed by atoms with Gasteiger partial charge in [-0.15, -0.1) is 0 Å². The summed E-state index contributed by atoms with van der Waals surface area (Å²) in [7, 11) is 0. The summed E-state index contributed by atoms with van der Waals surface area (Å²) in [6, 6.07) is 0.602. The van der Waals surface area contributed by atoms with Gasteiger partial charge in [0.15, 0.2) is 0 Å². The molecule has 3 heteroatoms. The Balaban J connectivity index is 1.97. The lowest BCUT2D eigenvalue weighted by atomic mass is 9.77. The Labute approximate surface area is 91.5 Å². The molecule has 0 aromatic carbocycles.